The Hall–Kier alpha value is -0.570. The SMILES string of the molecule is FC(F)CSc1cc[c]cc1. The summed E-state index contributed by atoms with van der Waals surface area (Å²) in [6.45, 7) is 0. The lowest BCUT2D eigenvalue weighted by Crippen LogP contribution is -1.92. The van der Waals surface area contributed by atoms with Crippen LogP contribution in [-0.2, 0) is 0 Å². The molecule has 1 aromatic carbocycles. The van der Waals surface area contributed by atoms with Crippen LogP contribution in [0.5, 0.6) is 0 Å². The van der Waals surface area contributed by atoms with Gasteiger partial charge in [-0.15, -0.1) is 11.8 Å². The van der Waals surface area contributed by atoms with Gasteiger partial charge < -0.3 is 0 Å². The van der Waals surface area contributed by atoms with Gasteiger partial charge in [0.25, 0.3) is 0 Å². The van der Waals surface area contributed by atoms with Crippen LogP contribution in [0.1, 0.15) is 0 Å². The summed E-state index contributed by atoms with van der Waals surface area (Å²) in [5.41, 5.74) is 0. The molecule has 1 rings (SSSR count). The molecule has 59 valence electrons. The minimum Gasteiger partial charge on any atom is -0.210 e. The van der Waals surface area contributed by atoms with Crippen LogP contribution in [0.2, 0.25) is 0 Å². The zero-order valence-corrected chi connectivity index (χ0v) is 6.57. The first-order valence-corrected chi connectivity index (χ1v) is 4.14. The van der Waals surface area contributed by atoms with E-state index in [1.165, 1.54) is 0 Å². The number of hydrogen-bond acceptors (Lipinski definition) is 1. The summed E-state index contributed by atoms with van der Waals surface area (Å²) in [5, 5.41) is 0. The lowest BCUT2D eigenvalue weighted by atomic mass is 10.4. The third-order valence-electron chi connectivity index (χ3n) is 1.06. The normalized spacial score (nSPS) is 10.5. The quantitative estimate of drug-likeness (QED) is 0.633. The van der Waals surface area contributed by atoms with Crippen LogP contribution in [0.4, 0.5) is 8.78 Å². The lowest BCUT2D eigenvalue weighted by Gasteiger charge is -1.98. The molecule has 0 bridgehead atoms. The maximum atomic E-state index is 11.7. The third-order valence-corrected chi connectivity index (χ3v) is 2.09. The summed E-state index contributed by atoms with van der Waals surface area (Å²) in [5.74, 6) is -0.135. The largest absolute Gasteiger partial charge is 0.247 e. The van der Waals surface area contributed by atoms with E-state index in [0.717, 1.165) is 16.7 Å². The first-order valence-electron chi connectivity index (χ1n) is 3.16. The molecule has 0 unspecified atom stereocenters. The molecule has 0 fully saturated rings. The number of thioether (sulfide) groups is 1. The second-order valence-corrected chi connectivity index (χ2v) is 3.03. The van der Waals surface area contributed by atoms with E-state index in [9.17, 15) is 8.78 Å². The molecule has 0 aliphatic heterocycles. The monoisotopic (exact) mass is 173 g/mol. The molecule has 0 atom stereocenters. The molecule has 0 aliphatic rings. The van der Waals surface area contributed by atoms with E-state index in [-0.39, 0.29) is 5.75 Å². The second-order valence-electron chi connectivity index (χ2n) is 1.94. The van der Waals surface area contributed by atoms with Gasteiger partial charge in [0.1, 0.15) is 0 Å². The summed E-state index contributed by atoms with van der Waals surface area (Å²) in [4.78, 5) is 0.865. The Kier molecular flexibility index (Phi) is 3.36. The summed E-state index contributed by atoms with van der Waals surface area (Å²) in [6, 6.07) is 9.79. The van der Waals surface area contributed by atoms with E-state index < -0.39 is 6.43 Å². The maximum absolute atomic E-state index is 11.7. The molecule has 0 aromatic heterocycles. The predicted molar refractivity (Wildman–Crippen MR) is 42.0 cm³/mol. The number of benzene rings is 1. The molecule has 0 amide bonds. The molecular formula is C8H7F2S. The van der Waals surface area contributed by atoms with Crippen molar-refractivity contribution < 1.29 is 8.78 Å². The van der Waals surface area contributed by atoms with Gasteiger partial charge in [0.05, 0.1) is 5.75 Å². The van der Waals surface area contributed by atoms with Gasteiger partial charge in [-0.2, -0.15) is 0 Å². The fourth-order valence-electron chi connectivity index (χ4n) is 0.627. The first kappa shape index (κ1) is 8.53. The standard InChI is InChI=1S/C8H7F2S/c9-8(10)6-11-7-4-2-1-3-5-7/h2-5,8H,6H2. The van der Waals surface area contributed by atoms with Crippen LogP contribution in [0.3, 0.4) is 0 Å². The fourth-order valence-corrected chi connectivity index (χ4v) is 1.27. The van der Waals surface area contributed by atoms with Crippen molar-refractivity contribution >= 4 is 11.8 Å². The molecule has 0 nitrogen and oxygen atoms in total. The molecule has 0 saturated carbocycles. The Morgan fingerprint density at radius 3 is 2.55 bits per heavy atom. The molecule has 0 N–H and O–H groups in total. The van der Waals surface area contributed by atoms with E-state index >= 15 is 0 Å². The molecule has 11 heavy (non-hydrogen) atoms. The van der Waals surface area contributed by atoms with Crippen LogP contribution >= 0.6 is 11.8 Å². The minimum atomic E-state index is -2.23. The Labute approximate surface area is 68.6 Å². The second kappa shape index (κ2) is 4.34. The zero-order chi connectivity index (χ0) is 8.10. The average Bonchev–Trinajstić information content (AvgIpc) is 2.03. The molecule has 3 heteroatoms. The van der Waals surface area contributed by atoms with Crippen molar-refractivity contribution in [3.05, 3.63) is 30.3 Å². The maximum Gasteiger partial charge on any atom is 0.247 e. The number of hydrogen-bond donors (Lipinski definition) is 0. The smallest absolute Gasteiger partial charge is 0.210 e. The van der Waals surface area contributed by atoms with Gasteiger partial charge in [-0.1, -0.05) is 12.1 Å². The summed E-state index contributed by atoms with van der Waals surface area (Å²) >= 11 is 1.16. The molecule has 0 saturated heterocycles. The van der Waals surface area contributed by atoms with Gasteiger partial charge in [-0.25, -0.2) is 8.78 Å². The zero-order valence-electron chi connectivity index (χ0n) is 5.76. The highest BCUT2D eigenvalue weighted by Crippen LogP contribution is 2.18. The molecule has 0 aliphatic carbocycles. The third kappa shape index (κ3) is 3.37. The molecule has 0 heterocycles. The molecule has 1 radical (unpaired) electrons. The van der Waals surface area contributed by atoms with Crippen molar-refractivity contribution in [3.63, 3.8) is 0 Å². The van der Waals surface area contributed by atoms with Crippen molar-refractivity contribution in [1.29, 1.82) is 0 Å². The lowest BCUT2D eigenvalue weighted by molar-refractivity contribution is 0.177. The Balaban J connectivity index is 2.39. The summed E-state index contributed by atoms with van der Waals surface area (Å²) < 4.78 is 23.4. The minimum absolute atomic E-state index is 0.135. The Morgan fingerprint density at radius 2 is 2.00 bits per heavy atom. The topological polar surface area (TPSA) is 0 Å². The van der Waals surface area contributed by atoms with Crippen molar-refractivity contribution in [3.8, 4) is 0 Å². The van der Waals surface area contributed by atoms with Crippen LogP contribution in [0, 0.1) is 6.07 Å². The van der Waals surface area contributed by atoms with Gasteiger partial charge in [-0.3, -0.25) is 0 Å². The van der Waals surface area contributed by atoms with E-state index in [1.54, 1.807) is 24.3 Å². The van der Waals surface area contributed by atoms with Gasteiger partial charge in [-0.05, 0) is 18.2 Å². The summed E-state index contributed by atoms with van der Waals surface area (Å²) in [7, 11) is 0. The van der Waals surface area contributed by atoms with Gasteiger partial charge in [0.2, 0.25) is 6.43 Å². The van der Waals surface area contributed by atoms with Gasteiger partial charge >= 0.3 is 0 Å². The molecular weight excluding hydrogens is 166 g/mol. The van der Waals surface area contributed by atoms with Crippen LogP contribution in [0.25, 0.3) is 0 Å². The molecule has 1 aromatic rings. The number of alkyl halides is 2. The average molecular weight is 173 g/mol. The Morgan fingerprint density at radius 1 is 1.36 bits per heavy atom. The van der Waals surface area contributed by atoms with E-state index in [4.69, 9.17) is 0 Å². The highest BCUT2D eigenvalue weighted by Gasteiger charge is 2.01. The predicted octanol–water partition coefficient (Wildman–Crippen LogP) is 2.84. The van der Waals surface area contributed by atoms with E-state index in [2.05, 4.69) is 6.07 Å². The summed E-state index contributed by atoms with van der Waals surface area (Å²) in [6.07, 6.45) is -2.23. The van der Waals surface area contributed by atoms with Crippen molar-refractivity contribution in [2.24, 2.45) is 0 Å². The molecule has 0 spiro atoms. The number of halogens is 2. The van der Waals surface area contributed by atoms with Crippen molar-refractivity contribution in [2.75, 3.05) is 5.75 Å². The highest BCUT2D eigenvalue weighted by molar-refractivity contribution is 7.99. The first-order chi connectivity index (χ1) is 5.29. The highest BCUT2D eigenvalue weighted by atomic mass is 32.2. The Bertz CT molecular complexity index is 199. The van der Waals surface area contributed by atoms with E-state index in [0.29, 0.717) is 0 Å². The van der Waals surface area contributed by atoms with Gasteiger partial charge in [0, 0.05) is 4.90 Å². The van der Waals surface area contributed by atoms with Gasteiger partial charge in [0.15, 0.2) is 0 Å². The number of rotatable bonds is 3. The van der Waals surface area contributed by atoms with Crippen LogP contribution in [0.15, 0.2) is 29.2 Å². The van der Waals surface area contributed by atoms with Crippen LogP contribution in [-0.4, -0.2) is 12.2 Å². The fraction of sp³-hybridized carbons (Fsp3) is 0.250. The van der Waals surface area contributed by atoms with Crippen molar-refractivity contribution in [1.82, 2.24) is 0 Å². The van der Waals surface area contributed by atoms with E-state index in [1.807, 2.05) is 0 Å². The van der Waals surface area contributed by atoms with Crippen molar-refractivity contribution in [2.45, 2.75) is 11.3 Å². The van der Waals surface area contributed by atoms with Crippen LogP contribution < -0.4 is 0 Å².